The number of aliphatic hydroxyl groups is 1. The number of benzene rings is 1. The Bertz CT molecular complexity index is 709. The summed E-state index contributed by atoms with van der Waals surface area (Å²) in [4.78, 5) is 4.13. The van der Waals surface area contributed by atoms with Crippen molar-refractivity contribution in [3.05, 3.63) is 35.8 Å². The van der Waals surface area contributed by atoms with Crippen LogP contribution in [0.15, 0.2) is 24.4 Å². The third-order valence-corrected chi connectivity index (χ3v) is 4.16. The summed E-state index contributed by atoms with van der Waals surface area (Å²) in [7, 11) is 0. The van der Waals surface area contributed by atoms with Crippen molar-refractivity contribution in [1.29, 1.82) is 0 Å². The Balaban J connectivity index is 1.87. The van der Waals surface area contributed by atoms with E-state index in [1.165, 1.54) is 12.3 Å². The van der Waals surface area contributed by atoms with Crippen LogP contribution >= 0.6 is 0 Å². The lowest BCUT2D eigenvalue weighted by Gasteiger charge is -2.26. The highest BCUT2D eigenvalue weighted by Crippen LogP contribution is 2.34. The van der Waals surface area contributed by atoms with Gasteiger partial charge in [-0.3, -0.25) is 0 Å². The summed E-state index contributed by atoms with van der Waals surface area (Å²) in [6, 6.07) is 3.29. The van der Waals surface area contributed by atoms with Gasteiger partial charge < -0.3 is 10.4 Å². The summed E-state index contributed by atoms with van der Waals surface area (Å²) >= 11 is 0. The molecule has 3 rings (SSSR count). The van der Waals surface area contributed by atoms with Crippen LogP contribution in [-0.4, -0.2) is 22.2 Å². The van der Waals surface area contributed by atoms with Crippen molar-refractivity contribution in [2.45, 2.75) is 44.0 Å². The average molecular weight is 328 g/mol. The quantitative estimate of drug-likeness (QED) is 0.816. The molecule has 7 heteroatoms. The number of aliphatic hydroxyl groups excluding tert-OH is 1. The van der Waals surface area contributed by atoms with Crippen molar-refractivity contribution in [2.24, 2.45) is 0 Å². The lowest BCUT2D eigenvalue weighted by Crippen LogP contribution is -2.28. The third-order valence-electron chi connectivity index (χ3n) is 4.16. The van der Waals surface area contributed by atoms with Crippen LogP contribution in [0.4, 0.5) is 23.4 Å². The van der Waals surface area contributed by atoms with E-state index in [1.54, 1.807) is 0 Å². The number of fused-ring (bicyclic) bond motifs is 1. The van der Waals surface area contributed by atoms with E-state index in [9.17, 15) is 22.7 Å². The van der Waals surface area contributed by atoms with Crippen LogP contribution in [0.5, 0.6) is 0 Å². The summed E-state index contributed by atoms with van der Waals surface area (Å²) in [5, 5.41) is 13.3. The zero-order chi connectivity index (χ0) is 16.6. The van der Waals surface area contributed by atoms with Gasteiger partial charge >= 0.3 is 6.18 Å². The van der Waals surface area contributed by atoms with Gasteiger partial charge in [-0.1, -0.05) is 0 Å². The summed E-state index contributed by atoms with van der Waals surface area (Å²) in [6.07, 6.45) is -0.720. The van der Waals surface area contributed by atoms with E-state index in [4.69, 9.17) is 0 Å². The minimum atomic E-state index is -4.73. The molecule has 1 fully saturated rings. The topological polar surface area (TPSA) is 45.1 Å². The Morgan fingerprint density at radius 2 is 1.74 bits per heavy atom. The molecule has 1 aromatic heterocycles. The summed E-state index contributed by atoms with van der Waals surface area (Å²) in [6.45, 7) is 0. The predicted molar refractivity (Wildman–Crippen MR) is 78.6 cm³/mol. The van der Waals surface area contributed by atoms with Crippen molar-refractivity contribution in [3.8, 4) is 0 Å². The first-order valence-electron chi connectivity index (χ1n) is 7.44. The van der Waals surface area contributed by atoms with Crippen molar-refractivity contribution in [2.75, 3.05) is 5.32 Å². The highest BCUT2D eigenvalue weighted by molar-refractivity contribution is 5.84. The second-order valence-corrected chi connectivity index (χ2v) is 5.90. The van der Waals surface area contributed by atoms with Gasteiger partial charge in [-0.2, -0.15) is 13.2 Å². The summed E-state index contributed by atoms with van der Waals surface area (Å²) in [5.41, 5.74) is -1.28. The van der Waals surface area contributed by atoms with Gasteiger partial charge in [0.2, 0.25) is 0 Å². The molecule has 0 bridgehead atoms. The maximum absolute atomic E-state index is 13.5. The summed E-state index contributed by atoms with van der Waals surface area (Å²) < 4.78 is 51.9. The number of nitrogens with zero attached hydrogens (tertiary/aromatic N) is 1. The largest absolute Gasteiger partial charge is 0.419 e. The number of halogens is 4. The van der Waals surface area contributed by atoms with Gasteiger partial charge in [0.05, 0.1) is 11.7 Å². The maximum Gasteiger partial charge on any atom is 0.419 e. The van der Waals surface area contributed by atoms with Gasteiger partial charge in [0.25, 0.3) is 0 Å². The standard InChI is InChI=1S/C16H16F4N2O/c17-14-6-10-8-21-15(22-11-1-3-12(23)4-2-11)7-9(10)5-13(14)16(18,19)20/h5-8,11-12,23H,1-4H2,(H,21,22)/t11-,12+. The maximum atomic E-state index is 13.5. The molecule has 0 amide bonds. The van der Waals surface area contributed by atoms with E-state index in [2.05, 4.69) is 10.3 Å². The molecule has 1 aliphatic rings. The van der Waals surface area contributed by atoms with Gasteiger partial charge in [0, 0.05) is 17.6 Å². The summed E-state index contributed by atoms with van der Waals surface area (Å²) in [5.74, 6) is -0.840. The minimum absolute atomic E-state index is 0.130. The van der Waals surface area contributed by atoms with E-state index in [0.29, 0.717) is 24.0 Å². The van der Waals surface area contributed by atoms with Crippen LogP contribution in [-0.2, 0) is 6.18 Å². The van der Waals surface area contributed by atoms with Crippen LogP contribution in [0.3, 0.4) is 0 Å². The van der Waals surface area contributed by atoms with Crippen LogP contribution < -0.4 is 5.32 Å². The second-order valence-electron chi connectivity index (χ2n) is 5.90. The molecule has 0 atom stereocenters. The number of aromatic nitrogens is 1. The Morgan fingerprint density at radius 1 is 1.04 bits per heavy atom. The average Bonchev–Trinajstić information content (AvgIpc) is 2.48. The monoisotopic (exact) mass is 328 g/mol. The fourth-order valence-electron chi connectivity index (χ4n) is 2.89. The molecule has 1 heterocycles. The highest BCUT2D eigenvalue weighted by Gasteiger charge is 2.34. The molecule has 23 heavy (non-hydrogen) atoms. The molecule has 0 aliphatic heterocycles. The van der Waals surface area contributed by atoms with Gasteiger partial charge in [-0.25, -0.2) is 9.37 Å². The first-order valence-corrected chi connectivity index (χ1v) is 7.44. The van der Waals surface area contributed by atoms with E-state index >= 15 is 0 Å². The van der Waals surface area contributed by atoms with Crippen molar-refractivity contribution in [1.82, 2.24) is 4.98 Å². The van der Waals surface area contributed by atoms with Crippen molar-refractivity contribution < 1.29 is 22.7 Å². The fourth-order valence-corrected chi connectivity index (χ4v) is 2.89. The first-order chi connectivity index (χ1) is 10.8. The molecule has 124 valence electrons. The fraction of sp³-hybridized carbons (Fsp3) is 0.438. The lowest BCUT2D eigenvalue weighted by atomic mass is 9.93. The normalized spacial score (nSPS) is 22.3. The zero-order valence-electron chi connectivity index (χ0n) is 12.2. The molecule has 2 aromatic rings. The first kappa shape index (κ1) is 16.0. The van der Waals surface area contributed by atoms with E-state index < -0.39 is 17.6 Å². The smallest absolute Gasteiger partial charge is 0.393 e. The number of alkyl halides is 3. The minimum Gasteiger partial charge on any atom is -0.393 e. The molecule has 1 saturated carbocycles. The molecule has 0 spiro atoms. The molecule has 0 saturated heterocycles. The third kappa shape index (κ3) is 3.55. The second kappa shape index (κ2) is 5.96. The van der Waals surface area contributed by atoms with E-state index in [-0.39, 0.29) is 17.5 Å². The number of pyridine rings is 1. The van der Waals surface area contributed by atoms with Crippen LogP contribution in [0.1, 0.15) is 31.2 Å². The van der Waals surface area contributed by atoms with Crippen molar-refractivity contribution >= 4 is 16.6 Å². The van der Waals surface area contributed by atoms with Gasteiger partial charge in [-0.05, 0) is 49.3 Å². The zero-order valence-corrected chi connectivity index (χ0v) is 12.2. The molecule has 0 radical (unpaired) electrons. The van der Waals surface area contributed by atoms with Crippen LogP contribution in [0.25, 0.3) is 10.8 Å². The predicted octanol–water partition coefficient (Wildman–Crippen LogP) is 4.11. The number of nitrogens with one attached hydrogen (secondary N) is 1. The Morgan fingerprint density at radius 3 is 2.39 bits per heavy atom. The highest BCUT2D eigenvalue weighted by atomic mass is 19.4. The molecule has 1 aliphatic carbocycles. The van der Waals surface area contributed by atoms with Gasteiger partial charge in [0.1, 0.15) is 11.6 Å². The molecule has 2 N–H and O–H groups in total. The number of anilines is 1. The molecular formula is C16H16F4N2O. The number of rotatable bonds is 2. The van der Waals surface area contributed by atoms with Gasteiger partial charge in [-0.15, -0.1) is 0 Å². The Kier molecular flexibility index (Phi) is 4.14. The van der Waals surface area contributed by atoms with E-state index in [0.717, 1.165) is 25.0 Å². The molecular weight excluding hydrogens is 312 g/mol. The lowest BCUT2D eigenvalue weighted by molar-refractivity contribution is -0.139. The SMILES string of the molecule is O[C@H]1CC[C@@H](Nc2cc3cc(C(F)(F)F)c(F)cc3cn2)CC1. The van der Waals surface area contributed by atoms with Crippen LogP contribution in [0, 0.1) is 5.82 Å². The van der Waals surface area contributed by atoms with E-state index in [1.807, 2.05) is 0 Å². The van der Waals surface area contributed by atoms with Crippen molar-refractivity contribution in [3.63, 3.8) is 0 Å². The van der Waals surface area contributed by atoms with Crippen LogP contribution in [0.2, 0.25) is 0 Å². The van der Waals surface area contributed by atoms with Gasteiger partial charge in [0.15, 0.2) is 0 Å². The molecule has 3 nitrogen and oxygen atoms in total. The molecule has 1 aromatic carbocycles. The Labute approximate surface area is 130 Å². The Hall–Kier alpha value is -1.89. The molecule has 0 unspecified atom stereocenters. The number of hydrogen-bond donors (Lipinski definition) is 2. The number of hydrogen-bond acceptors (Lipinski definition) is 3.